The van der Waals surface area contributed by atoms with E-state index in [1.165, 1.54) is 0 Å². The highest BCUT2D eigenvalue weighted by Gasteiger charge is 2.08. The SMILES string of the molecule is CNCCC(=O)NCC(O)c1ccc(C)cc1. The lowest BCUT2D eigenvalue weighted by Crippen LogP contribution is -2.30. The van der Waals surface area contributed by atoms with Crippen LogP contribution in [-0.4, -0.2) is 31.2 Å². The standard InChI is InChI=1S/C13H20N2O2/c1-10-3-5-11(6-4-10)12(16)9-15-13(17)7-8-14-2/h3-6,12,14,16H,7-9H2,1-2H3,(H,15,17). The minimum Gasteiger partial charge on any atom is -0.387 e. The lowest BCUT2D eigenvalue weighted by molar-refractivity contribution is -0.121. The molecule has 94 valence electrons. The van der Waals surface area contributed by atoms with Crippen molar-refractivity contribution in [3.63, 3.8) is 0 Å². The van der Waals surface area contributed by atoms with Crippen molar-refractivity contribution in [3.8, 4) is 0 Å². The summed E-state index contributed by atoms with van der Waals surface area (Å²) in [6, 6.07) is 7.64. The minimum atomic E-state index is -0.644. The number of carbonyl (C=O) groups is 1. The molecule has 0 fully saturated rings. The van der Waals surface area contributed by atoms with E-state index in [2.05, 4.69) is 10.6 Å². The molecule has 1 unspecified atom stereocenters. The molecule has 0 heterocycles. The van der Waals surface area contributed by atoms with Crippen LogP contribution in [0.2, 0.25) is 0 Å². The molecule has 0 aliphatic carbocycles. The number of carbonyl (C=O) groups excluding carboxylic acids is 1. The molecule has 3 N–H and O–H groups in total. The molecule has 4 nitrogen and oxygen atoms in total. The largest absolute Gasteiger partial charge is 0.387 e. The van der Waals surface area contributed by atoms with Gasteiger partial charge < -0.3 is 15.7 Å². The van der Waals surface area contributed by atoms with E-state index in [9.17, 15) is 9.90 Å². The van der Waals surface area contributed by atoms with E-state index in [-0.39, 0.29) is 12.5 Å². The van der Waals surface area contributed by atoms with Gasteiger partial charge in [0.25, 0.3) is 0 Å². The van der Waals surface area contributed by atoms with E-state index >= 15 is 0 Å². The maximum absolute atomic E-state index is 11.3. The molecule has 4 heteroatoms. The lowest BCUT2D eigenvalue weighted by atomic mass is 10.1. The zero-order valence-electron chi connectivity index (χ0n) is 10.4. The van der Waals surface area contributed by atoms with Gasteiger partial charge in [-0.1, -0.05) is 29.8 Å². The molecule has 0 radical (unpaired) electrons. The van der Waals surface area contributed by atoms with E-state index in [4.69, 9.17) is 0 Å². The summed E-state index contributed by atoms with van der Waals surface area (Å²) in [5.41, 5.74) is 1.98. The average molecular weight is 236 g/mol. The molecule has 0 aliphatic rings. The normalized spacial score (nSPS) is 12.2. The second-order valence-electron chi connectivity index (χ2n) is 4.08. The number of nitrogens with one attached hydrogen (secondary N) is 2. The Labute approximate surface area is 102 Å². The second-order valence-corrected chi connectivity index (χ2v) is 4.08. The number of aryl methyl sites for hydroxylation is 1. The van der Waals surface area contributed by atoms with Crippen molar-refractivity contribution in [1.29, 1.82) is 0 Å². The highest BCUT2D eigenvalue weighted by atomic mass is 16.3. The molecular weight excluding hydrogens is 216 g/mol. The molecule has 0 spiro atoms. The molecule has 0 aliphatic heterocycles. The predicted octanol–water partition coefficient (Wildman–Crippen LogP) is 0.754. The van der Waals surface area contributed by atoms with Crippen LogP contribution in [0.1, 0.15) is 23.7 Å². The van der Waals surface area contributed by atoms with Gasteiger partial charge in [0.15, 0.2) is 0 Å². The van der Waals surface area contributed by atoms with Crippen molar-refractivity contribution in [1.82, 2.24) is 10.6 Å². The number of hydrogen-bond acceptors (Lipinski definition) is 3. The van der Waals surface area contributed by atoms with Crippen LogP contribution in [0.5, 0.6) is 0 Å². The molecular formula is C13H20N2O2. The lowest BCUT2D eigenvalue weighted by Gasteiger charge is -2.12. The van der Waals surface area contributed by atoms with Gasteiger partial charge in [-0.15, -0.1) is 0 Å². The summed E-state index contributed by atoms with van der Waals surface area (Å²) in [7, 11) is 1.80. The van der Waals surface area contributed by atoms with E-state index < -0.39 is 6.10 Å². The third-order valence-electron chi connectivity index (χ3n) is 2.56. The van der Waals surface area contributed by atoms with Crippen LogP contribution < -0.4 is 10.6 Å². The fourth-order valence-corrected chi connectivity index (χ4v) is 1.44. The number of aliphatic hydroxyl groups is 1. The molecule has 0 saturated heterocycles. The zero-order valence-corrected chi connectivity index (χ0v) is 10.4. The van der Waals surface area contributed by atoms with Gasteiger partial charge in [-0.2, -0.15) is 0 Å². The van der Waals surface area contributed by atoms with Gasteiger partial charge in [0.05, 0.1) is 6.10 Å². The second kappa shape index (κ2) is 7.04. The van der Waals surface area contributed by atoms with Crippen molar-refractivity contribution in [2.75, 3.05) is 20.1 Å². The Morgan fingerprint density at radius 3 is 2.59 bits per heavy atom. The summed E-state index contributed by atoms with van der Waals surface area (Å²) in [6.07, 6.45) is -0.217. The van der Waals surface area contributed by atoms with Gasteiger partial charge in [-0.05, 0) is 19.5 Å². The smallest absolute Gasteiger partial charge is 0.221 e. The summed E-state index contributed by atoms with van der Waals surface area (Å²) in [5, 5.41) is 15.5. The molecule has 1 rings (SSSR count). The van der Waals surface area contributed by atoms with Gasteiger partial charge in [0, 0.05) is 19.5 Å². The summed E-state index contributed by atoms with van der Waals surface area (Å²) in [4.78, 5) is 11.3. The number of aliphatic hydroxyl groups excluding tert-OH is 1. The molecule has 0 bridgehead atoms. The maximum atomic E-state index is 11.3. The first-order chi connectivity index (χ1) is 8.13. The van der Waals surface area contributed by atoms with Gasteiger partial charge >= 0.3 is 0 Å². The van der Waals surface area contributed by atoms with Crippen LogP contribution in [0, 0.1) is 6.92 Å². The topological polar surface area (TPSA) is 61.4 Å². The van der Waals surface area contributed by atoms with Gasteiger partial charge in [-0.3, -0.25) is 4.79 Å². The summed E-state index contributed by atoms with van der Waals surface area (Å²) >= 11 is 0. The van der Waals surface area contributed by atoms with Gasteiger partial charge in [0.2, 0.25) is 5.91 Å². The molecule has 17 heavy (non-hydrogen) atoms. The molecule has 1 atom stereocenters. The first-order valence-corrected chi connectivity index (χ1v) is 5.79. The number of benzene rings is 1. The van der Waals surface area contributed by atoms with Crippen LogP contribution >= 0.6 is 0 Å². The van der Waals surface area contributed by atoms with Gasteiger partial charge in [-0.25, -0.2) is 0 Å². The Hall–Kier alpha value is -1.39. The Morgan fingerprint density at radius 1 is 1.35 bits per heavy atom. The number of amides is 1. The maximum Gasteiger partial charge on any atom is 0.221 e. The van der Waals surface area contributed by atoms with Crippen LogP contribution in [0.3, 0.4) is 0 Å². The average Bonchev–Trinajstić information content (AvgIpc) is 2.34. The Kier molecular flexibility index (Phi) is 5.66. The third-order valence-corrected chi connectivity index (χ3v) is 2.56. The van der Waals surface area contributed by atoms with E-state index in [0.717, 1.165) is 11.1 Å². The van der Waals surface area contributed by atoms with Crippen molar-refractivity contribution < 1.29 is 9.90 Å². The molecule has 1 aromatic rings. The van der Waals surface area contributed by atoms with Crippen molar-refractivity contribution in [2.45, 2.75) is 19.4 Å². The first kappa shape index (κ1) is 13.7. The fourth-order valence-electron chi connectivity index (χ4n) is 1.44. The van der Waals surface area contributed by atoms with E-state index in [0.29, 0.717) is 13.0 Å². The van der Waals surface area contributed by atoms with Crippen LogP contribution in [0.4, 0.5) is 0 Å². The molecule has 1 amide bonds. The highest BCUT2D eigenvalue weighted by molar-refractivity contribution is 5.76. The van der Waals surface area contributed by atoms with Crippen LogP contribution in [-0.2, 0) is 4.79 Å². The van der Waals surface area contributed by atoms with Crippen LogP contribution in [0.15, 0.2) is 24.3 Å². The molecule has 1 aromatic carbocycles. The third kappa shape index (κ3) is 4.97. The first-order valence-electron chi connectivity index (χ1n) is 5.79. The Balaban J connectivity index is 2.36. The Bertz CT molecular complexity index is 349. The molecule has 0 saturated carbocycles. The van der Waals surface area contributed by atoms with Crippen LogP contribution in [0.25, 0.3) is 0 Å². The summed E-state index contributed by atoms with van der Waals surface area (Å²) in [5.74, 6) is -0.0505. The van der Waals surface area contributed by atoms with Crippen molar-refractivity contribution in [3.05, 3.63) is 35.4 Å². The number of hydrogen-bond donors (Lipinski definition) is 3. The zero-order chi connectivity index (χ0) is 12.7. The quantitative estimate of drug-likeness (QED) is 0.683. The summed E-state index contributed by atoms with van der Waals surface area (Å²) in [6.45, 7) is 2.90. The predicted molar refractivity (Wildman–Crippen MR) is 67.7 cm³/mol. The van der Waals surface area contributed by atoms with Gasteiger partial charge in [0.1, 0.15) is 0 Å². The molecule has 0 aromatic heterocycles. The van der Waals surface area contributed by atoms with Crippen molar-refractivity contribution >= 4 is 5.91 Å². The van der Waals surface area contributed by atoms with E-state index in [1.54, 1.807) is 7.05 Å². The monoisotopic (exact) mass is 236 g/mol. The Morgan fingerprint density at radius 2 is 2.00 bits per heavy atom. The highest BCUT2D eigenvalue weighted by Crippen LogP contribution is 2.12. The van der Waals surface area contributed by atoms with E-state index in [1.807, 2.05) is 31.2 Å². The fraction of sp³-hybridized carbons (Fsp3) is 0.462. The minimum absolute atomic E-state index is 0.0505. The summed E-state index contributed by atoms with van der Waals surface area (Å²) < 4.78 is 0. The number of rotatable bonds is 6. The van der Waals surface area contributed by atoms with Crippen molar-refractivity contribution in [2.24, 2.45) is 0 Å².